The summed E-state index contributed by atoms with van der Waals surface area (Å²) in [4.78, 5) is 23.7. The fourth-order valence-corrected chi connectivity index (χ4v) is 2.03. The molecular weight excluding hydrogens is 302 g/mol. The molecule has 0 saturated carbocycles. The van der Waals surface area contributed by atoms with E-state index in [2.05, 4.69) is 10.6 Å². The summed E-state index contributed by atoms with van der Waals surface area (Å²) < 4.78 is 26.1. The van der Waals surface area contributed by atoms with Crippen LogP contribution in [0.4, 0.5) is 14.5 Å². The molecule has 0 aliphatic rings. The Balaban J connectivity index is 1.96. The van der Waals surface area contributed by atoms with Crippen LogP contribution in [-0.2, 0) is 4.79 Å². The third-order valence-corrected chi connectivity index (χ3v) is 3.41. The summed E-state index contributed by atoms with van der Waals surface area (Å²) in [5, 5.41) is 5.00. The van der Waals surface area contributed by atoms with Crippen LogP contribution in [0.5, 0.6) is 0 Å². The van der Waals surface area contributed by atoms with Gasteiger partial charge in [0.1, 0.15) is 11.6 Å². The molecule has 2 amide bonds. The number of nitrogens with one attached hydrogen (secondary N) is 2. The van der Waals surface area contributed by atoms with Crippen LogP contribution >= 0.6 is 0 Å². The summed E-state index contributed by atoms with van der Waals surface area (Å²) in [6.07, 6.45) is 0. The van der Waals surface area contributed by atoms with Crippen LogP contribution in [0.1, 0.15) is 21.5 Å². The molecule has 0 aliphatic heterocycles. The predicted molar refractivity (Wildman–Crippen MR) is 83.2 cm³/mol. The molecule has 2 aromatic carbocycles. The Labute approximate surface area is 132 Å². The zero-order valence-electron chi connectivity index (χ0n) is 12.7. The predicted octanol–water partition coefficient (Wildman–Crippen LogP) is 2.95. The highest BCUT2D eigenvalue weighted by Crippen LogP contribution is 2.17. The Bertz CT molecular complexity index is 740. The van der Waals surface area contributed by atoms with Gasteiger partial charge in [-0.05, 0) is 43.2 Å². The van der Waals surface area contributed by atoms with E-state index in [4.69, 9.17) is 0 Å². The van der Waals surface area contributed by atoms with Crippen LogP contribution in [0.25, 0.3) is 0 Å². The van der Waals surface area contributed by atoms with E-state index >= 15 is 0 Å². The van der Waals surface area contributed by atoms with Crippen molar-refractivity contribution in [3.63, 3.8) is 0 Å². The molecule has 6 heteroatoms. The molecule has 0 fully saturated rings. The van der Waals surface area contributed by atoms with E-state index in [0.29, 0.717) is 11.8 Å². The van der Waals surface area contributed by atoms with Crippen molar-refractivity contribution >= 4 is 17.5 Å². The van der Waals surface area contributed by atoms with Gasteiger partial charge in [0, 0.05) is 17.3 Å². The molecule has 0 bridgehead atoms. The third kappa shape index (κ3) is 4.35. The largest absolute Gasteiger partial charge is 0.343 e. The van der Waals surface area contributed by atoms with Crippen LogP contribution in [0, 0.1) is 25.5 Å². The van der Waals surface area contributed by atoms with Gasteiger partial charge in [0.2, 0.25) is 5.91 Å². The normalized spacial score (nSPS) is 10.3. The number of aryl methyl sites for hydroxylation is 1. The van der Waals surface area contributed by atoms with Crippen molar-refractivity contribution in [2.24, 2.45) is 0 Å². The lowest BCUT2D eigenvalue weighted by Gasteiger charge is -2.11. The van der Waals surface area contributed by atoms with Crippen LogP contribution in [0.15, 0.2) is 36.4 Å². The first-order valence-corrected chi connectivity index (χ1v) is 6.97. The van der Waals surface area contributed by atoms with Gasteiger partial charge >= 0.3 is 0 Å². The monoisotopic (exact) mass is 318 g/mol. The highest BCUT2D eigenvalue weighted by Gasteiger charge is 2.11. The van der Waals surface area contributed by atoms with E-state index < -0.39 is 23.4 Å². The zero-order valence-corrected chi connectivity index (χ0v) is 12.7. The highest BCUT2D eigenvalue weighted by atomic mass is 19.1. The first kappa shape index (κ1) is 16.6. The zero-order chi connectivity index (χ0) is 17.0. The molecule has 2 N–H and O–H groups in total. The number of amides is 2. The molecule has 0 spiro atoms. The van der Waals surface area contributed by atoms with E-state index in [0.717, 1.165) is 23.3 Å². The smallest absolute Gasteiger partial charge is 0.251 e. The standard InChI is InChI=1S/C17H16F2N2O2/c1-10-4-3-5-15(11(10)2)21-16(22)9-20-17(23)12-6-13(18)8-14(19)7-12/h3-8H,9H2,1-2H3,(H,20,23)(H,21,22). The van der Waals surface area contributed by atoms with Gasteiger partial charge in [-0.15, -0.1) is 0 Å². The van der Waals surface area contributed by atoms with Gasteiger partial charge in [-0.2, -0.15) is 0 Å². The van der Waals surface area contributed by atoms with Gasteiger partial charge in [0.25, 0.3) is 5.91 Å². The number of carbonyl (C=O) groups excluding carboxylic acids is 2. The Hall–Kier alpha value is -2.76. The molecule has 0 radical (unpaired) electrons. The number of benzene rings is 2. The first-order valence-electron chi connectivity index (χ1n) is 6.97. The van der Waals surface area contributed by atoms with Gasteiger partial charge in [0.05, 0.1) is 6.54 Å². The molecule has 23 heavy (non-hydrogen) atoms. The minimum Gasteiger partial charge on any atom is -0.343 e. The Morgan fingerprint density at radius 2 is 1.70 bits per heavy atom. The Morgan fingerprint density at radius 3 is 2.35 bits per heavy atom. The van der Waals surface area contributed by atoms with Crippen LogP contribution in [0.3, 0.4) is 0 Å². The molecular formula is C17H16F2N2O2. The van der Waals surface area contributed by atoms with Crippen molar-refractivity contribution in [3.05, 3.63) is 64.7 Å². The maximum Gasteiger partial charge on any atom is 0.251 e. The van der Waals surface area contributed by atoms with Gasteiger partial charge in [-0.25, -0.2) is 8.78 Å². The van der Waals surface area contributed by atoms with Crippen molar-refractivity contribution in [3.8, 4) is 0 Å². The lowest BCUT2D eigenvalue weighted by Crippen LogP contribution is -2.33. The van der Waals surface area contributed by atoms with Crippen molar-refractivity contribution < 1.29 is 18.4 Å². The van der Waals surface area contributed by atoms with Crippen molar-refractivity contribution in [2.45, 2.75) is 13.8 Å². The molecule has 4 nitrogen and oxygen atoms in total. The first-order chi connectivity index (χ1) is 10.9. The minimum atomic E-state index is -0.852. The van der Waals surface area contributed by atoms with Crippen LogP contribution < -0.4 is 10.6 Å². The SMILES string of the molecule is Cc1cccc(NC(=O)CNC(=O)c2cc(F)cc(F)c2)c1C. The quantitative estimate of drug-likeness (QED) is 0.910. The van der Waals surface area contributed by atoms with E-state index in [1.165, 1.54) is 0 Å². The second-order valence-electron chi connectivity index (χ2n) is 5.14. The topological polar surface area (TPSA) is 58.2 Å². The Kier molecular flexibility index (Phi) is 5.05. The fraction of sp³-hybridized carbons (Fsp3) is 0.176. The summed E-state index contributed by atoms with van der Waals surface area (Å²) in [5.41, 5.74) is 2.43. The molecule has 0 saturated heterocycles. The molecule has 2 aromatic rings. The molecule has 0 aromatic heterocycles. The number of halogens is 2. The van der Waals surface area contributed by atoms with Crippen molar-refractivity contribution in [1.29, 1.82) is 0 Å². The lowest BCUT2D eigenvalue weighted by molar-refractivity contribution is -0.115. The van der Waals surface area contributed by atoms with Gasteiger partial charge in [0.15, 0.2) is 0 Å². The molecule has 0 heterocycles. The maximum absolute atomic E-state index is 13.1. The molecule has 0 aliphatic carbocycles. The lowest BCUT2D eigenvalue weighted by atomic mass is 10.1. The number of hydrogen-bond donors (Lipinski definition) is 2. The maximum atomic E-state index is 13.1. The van der Waals surface area contributed by atoms with Gasteiger partial charge in [-0.1, -0.05) is 12.1 Å². The molecule has 0 unspecified atom stereocenters. The number of anilines is 1. The second kappa shape index (κ2) is 7.00. The van der Waals surface area contributed by atoms with E-state index in [-0.39, 0.29) is 12.1 Å². The fourth-order valence-electron chi connectivity index (χ4n) is 2.03. The Morgan fingerprint density at radius 1 is 1.04 bits per heavy atom. The summed E-state index contributed by atoms with van der Waals surface area (Å²) in [7, 11) is 0. The van der Waals surface area contributed by atoms with Crippen LogP contribution in [-0.4, -0.2) is 18.4 Å². The number of rotatable bonds is 4. The van der Waals surface area contributed by atoms with Gasteiger partial charge in [-0.3, -0.25) is 9.59 Å². The van der Waals surface area contributed by atoms with E-state index in [9.17, 15) is 18.4 Å². The number of hydrogen-bond acceptors (Lipinski definition) is 2. The third-order valence-electron chi connectivity index (χ3n) is 3.41. The summed E-state index contributed by atoms with van der Waals surface area (Å²) in [6.45, 7) is 3.49. The minimum absolute atomic E-state index is 0.179. The average Bonchev–Trinajstić information content (AvgIpc) is 2.48. The van der Waals surface area contributed by atoms with Crippen molar-refractivity contribution in [2.75, 3.05) is 11.9 Å². The van der Waals surface area contributed by atoms with E-state index in [1.54, 1.807) is 6.07 Å². The summed E-state index contributed by atoms with van der Waals surface area (Å²) in [6, 6.07) is 7.97. The van der Waals surface area contributed by atoms with E-state index in [1.807, 2.05) is 26.0 Å². The summed E-state index contributed by atoms with van der Waals surface area (Å²) in [5.74, 6) is -2.85. The van der Waals surface area contributed by atoms with Gasteiger partial charge < -0.3 is 10.6 Å². The second-order valence-corrected chi connectivity index (χ2v) is 5.14. The molecule has 0 atom stereocenters. The van der Waals surface area contributed by atoms with Crippen molar-refractivity contribution in [1.82, 2.24) is 5.32 Å². The van der Waals surface area contributed by atoms with Crippen LogP contribution in [0.2, 0.25) is 0 Å². The molecule has 2 rings (SSSR count). The highest BCUT2D eigenvalue weighted by molar-refractivity contribution is 5.99. The average molecular weight is 318 g/mol. The summed E-state index contributed by atoms with van der Waals surface area (Å²) >= 11 is 0. The number of carbonyl (C=O) groups is 2. The molecule has 120 valence electrons.